The molecule has 7 nitrogen and oxygen atoms in total. The summed E-state index contributed by atoms with van der Waals surface area (Å²) in [5.41, 5.74) is 1.91. The van der Waals surface area contributed by atoms with Gasteiger partial charge >= 0.3 is 12.1 Å². The summed E-state index contributed by atoms with van der Waals surface area (Å²) < 4.78 is 36.9. The first-order valence-electron chi connectivity index (χ1n) is 10.0. The van der Waals surface area contributed by atoms with E-state index in [1.807, 2.05) is 22.5 Å². The number of halogens is 3. The number of carboxylic acid groups (broad SMARTS) is 1. The van der Waals surface area contributed by atoms with E-state index in [2.05, 4.69) is 28.1 Å². The van der Waals surface area contributed by atoms with E-state index in [0.29, 0.717) is 13.2 Å². The van der Waals surface area contributed by atoms with Crippen LogP contribution in [0.5, 0.6) is 0 Å². The monoisotopic (exact) mass is 471 g/mol. The summed E-state index contributed by atoms with van der Waals surface area (Å²) in [5, 5.41) is 10.3. The number of rotatable bonds is 5. The third-order valence-electron chi connectivity index (χ3n) is 5.68. The van der Waals surface area contributed by atoms with Crippen molar-refractivity contribution in [2.75, 3.05) is 38.3 Å². The van der Waals surface area contributed by atoms with Gasteiger partial charge in [0.1, 0.15) is 5.01 Å². The highest BCUT2D eigenvalue weighted by Crippen LogP contribution is 2.47. The van der Waals surface area contributed by atoms with Crippen molar-refractivity contribution in [3.63, 3.8) is 0 Å². The highest BCUT2D eigenvalue weighted by Gasteiger charge is 2.51. The number of carboxylic acids is 1. The molecule has 1 saturated heterocycles. The first-order valence-corrected chi connectivity index (χ1v) is 10.9. The number of aliphatic carboxylic acids is 1. The van der Waals surface area contributed by atoms with Crippen LogP contribution in [0.15, 0.2) is 35.8 Å². The van der Waals surface area contributed by atoms with Crippen LogP contribution in [0.25, 0.3) is 0 Å². The molecule has 0 aliphatic carbocycles. The molecule has 1 N–H and O–H groups in total. The van der Waals surface area contributed by atoms with E-state index in [-0.39, 0.29) is 11.3 Å². The first kappa shape index (κ1) is 24.1. The predicted molar refractivity (Wildman–Crippen MR) is 113 cm³/mol. The van der Waals surface area contributed by atoms with Crippen molar-refractivity contribution in [2.24, 2.45) is 0 Å². The van der Waals surface area contributed by atoms with Gasteiger partial charge in [0.2, 0.25) is 5.91 Å². The van der Waals surface area contributed by atoms with Crippen molar-refractivity contribution in [2.45, 2.75) is 31.0 Å². The molecular formula is C21H24F3N3O4S. The van der Waals surface area contributed by atoms with Crippen LogP contribution in [0.3, 0.4) is 0 Å². The van der Waals surface area contributed by atoms with Gasteiger partial charge in [0.25, 0.3) is 0 Å². The maximum absolute atomic E-state index is 13.3. The van der Waals surface area contributed by atoms with Crippen molar-refractivity contribution >= 4 is 28.9 Å². The van der Waals surface area contributed by atoms with Crippen molar-refractivity contribution < 1.29 is 32.6 Å². The van der Waals surface area contributed by atoms with Gasteiger partial charge in [-0.2, -0.15) is 13.2 Å². The van der Waals surface area contributed by atoms with Crippen molar-refractivity contribution in [3.05, 3.63) is 46.4 Å². The Morgan fingerprint density at radius 1 is 1.28 bits per heavy atom. The van der Waals surface area contributed by atoms with Gasteiger partial charge < -0.3 is 14.7 Å². The number of benzene rings is 1. The molecule has 2 aromatic rings. The Labute approximate surface area is 187 Å². The first-order chi connectivity index (χ1) is 15.2. The van der Waals surface area contributed by atoms with Gasteiger partial charge in [-0.25, -0.2) is 9.78 Å². The largest absolute Gasteiger partial charge is 0.490 e. The Bertz CT molecular complexity index is 929. The lowest BCUT2D eigenvalue weighted by Crippen LogP contribution is -2.49. The zero-order valence-corrected chi connectivity index (χ0v) is 18.3. The molecule has 32 heavy (non-hydrogen) atoms. The number of likely N-dealkylation sites (tertiary alicyclic amines) is 1. The fourth-order valence-electron chi connectivity index (χ4n) is 4.10. The van der Waals surface area contributed by atoms with Gasteiger partial charge in [-0.3, -0.25) is 9.69 Å². The molecule has 0 saturated carbocycles. The quantitative estimate of drug-likeness (QED) is 0.721. The van der Waals surface area contributed by atoms with Gasteiger partial charge in [0, 0.05) is 30.9 Å². The minimum atomic E-state index is -5.08. The van der Waals surface area contributed by atoms with Crippen LogP contribution in [0, 0.1) is 0 Å². The highest BCUT2D eigenvalue weighted by molar-refractivity contribution is 7.09. The molecule has 1 amide bonds. The smallest absolute Gasteiger partial charge is 0.475 e. The third-order valence-corrected chi connectivity index (χ3v) is 6.44. The highest BCUT2D eigenvalue weighted by atomic mass is 32.1. The van der Waals surface area contributed by atoms with Crippen LogP contribution in [-0.2, 0) is 26.3 Å². The number of carbonyl (C=O) groups is 2. The summed E-state index contributed by atoms with van der Waals surface area (Å²) in [6, 6.07) is 8.27. The van der Waals surface area contributed by atoms with Gasteiger partial charge in [-0.15, -0.1) is 11.3 Å². The predicted octanol–water partition coefficient (Wildman–Crippen LogP) is 3.30. The molecule has 1 aromatic heterocycles. The van der Waals surface area contributed by atoms with E-state index < -0.39 is 12.1 Å². The van der Waals surface area contributed by atoms with E-state index in [1.165, 1.54) is 5.56 Å². The van der Waals surface area contributed by atoms with Crippen LogP contribution in [0.4, 0.5) is 18.9 Å². The van der Waals surface area contributed by atoms with E-state index in [0.717, 1.165) is 43.2 Å². The van der Waals surface area contributed by atoms with E-state index in [9.17, 15) is 18.0 Å². The van der Waals surface area contributed by atoms with Crippen LogP contribution in [0.2, 0.25) is 0 Å². The lowest BCUT2D eigenvalue weighted by molar-refractivity contribution is -0.192. The van der Waals surface area contributed by atoms with Gasteiger partial charge in [-0.1, -0.05) is 18.2 Å². The molecule has 0 radical (unpaired) electrons. The van der Waals surface area contributed by atoms with Gasteiger partial charge in [0.15, 0.2) is 0 Å². The van der Waals surface area contributed by atoms with Gasteiger partial charge in [-0.05, 0) is 37.6 Å². The second-order valence-corrected chi connectivity index (χ2v) is 8.53. The minimum Gasteiger partial charge on any atom is -0.475 e. The molecule has 0 unspecified atom stereocenters. The molecule has 3 heterocycles. The number of methoxy groups -OCH3 is 1. The van der Waals surface area contributed by atoms with E-state index in [1.54, 1.807) is 18.4 Å². The normalized spacial score (nSPS) is 17.8. The van der Waals surface area contributed by atoms with Crippen molar-refractivity contribution in [1.29, 1.82) is 0 Å². The Kier molecular flexibility index (Phi) is 7.52. The molecular weight excluding hydrogens is 447 g/mol. The van der Waals surface area contributed by atoms with Crippen LogP contribution < -0.4 is 4.90 Å². The number of nitrogens with zero attached hydrogens (tertiary/aromatic N) is 3. The summed E-state index contributed by atoms with van der Waals surface area (Å²) in [6.45, 7) is 3.93. The molecule has 1 spiro atoms. The number of ether oxygens (including phenoxy) is 1. The standard InChI is InChI=1S/C19H23N3O2S.C2HF3O2/c1-24-12-11-22-16-5-3-2-4-15(16)19(18(22)23)6-9-21(10-7-19)14-17-20-8-13-25-17;3-2(4,5)1(6)7/h2-5,8,13H,6-7,9-12,14H2,1H3;(H,6,7). The molecule has 0 bridgehead atoms. The molecule has 4 rings (SSSR count). The van der Waals surface area contributed by atoms with Crippen LogP contribution in [-0.4, -0.2) is 66.4 Å². The Morgan fingerprint density at radius 3 is 2.50 bits per heavy atom. The average Bonchev–Trinajstić information content (AvgIpc) is 3.34. The number of thiazole rings is 1. The van der Waals surface area contributed by atoms with Crippen molar-refractivity contribution in [1.82, 2.24) is 9.88 Å². The zero-order chi connectivity index (χ0) is 23.4. The number of fused-ring (bicyclic) bond motifs is 2. The van der Waals surface area contributed by atoms with Crippen molar-refractivity contribution in [3.8, 4) is 0 Å². The lowest BCUT2D eigenvalue weighted by atomic mass is 9.73. The number of piperidine rings is 1. The molecule has 0 atom stereocenters. The second-order valence-electron chi connectivity index (χ2n) is 7.55. The van der Waals surface area contributed by atoms with Crippen LogP contribution in [0.1, 0.15) is 23.4 Å². The summed E-state index contributed by atoms with van der Waals surface area (Å²) >= 11 is 1.70. The molecule has 2 aliphatic rings. The topological polar surface area (TPSA) is 83.0 Å². The summed E-state index contributed by atoms with van der Waals surface area (Å²) in [7, 11) is 1.68. The maximum atomic E-state index is 13.3. The van der Waals surface area contributed by atoms with Crippen LogP contribution >= 0.6 is 11.3 Å². The number of alkyl halides is 3. The fraction of sp³-hybridized carbons (Fsp3) is 0.476. The number of carbonyl (C=O) groups excluding carboxylic acids is 1. The lowest BCUT2D eigenvalue weighted by Gasteiger charge is -2.38. The third kappa shape index (κ3) is 5.11. The summed E-state index contributed by atoms with van der Waals surface area (Å²) in [4.78, 5) is 30.9. The Hall–Kier alpha value is -2.50. The molecule has 1 aromatic carbocycles. The molecule has 11 heteroatoms. The Balaban J connectivity index is 0.000000360. The summed E-state index contributed by atoms with van der Waals surface area (Å²) in [6.07, 6.45) is -1.48. The van der Waals surface area contributed by atoms with E-state index >= 15 is 0 Å². The number of para-hydroxylation sites is 1. The minimum absolute atomic E-state index is 0.250. The zero-order valence-electron chi connectivity index (χ0n) is 17.5. The average molecular weight is 472 g/mol. The SMILES string of the molecule is COCCN1C(=O)C2(CCN(Cc3nccs3)CC2)c2ccccc21.O=C(O)C(F)(F)F. The summed E-state index contributed by atoms with van der Waals surface area (Å²) in [5.74, 6) is -2.51. The molecule has 174 valence electrons. The van der Waals surface area contributed by atoms with E-state index in [4.69, 9.17) is 14.6 Å². The number of aromatic nitrogens is 1. The number of hydrogen-bond acceptors (Lipinski definition) is 6. The number of amides is 1. The van der Waals surface area contributed by atoms with Gasteiger partial charge in [0.05, 0.1) is 18.6 Å². The number of anilines is 1. The molecule has 1 fully saturated rings. The maximum Gasteiger partial charge on any atom is 0.490 e. The fourth-order valence-corrected chi connectivity index (χ4v) is 4.76. The molecule has 2 aliphatic heterocycles. The Morgan fingerprint density at radius 2 is 1.94 bits per heavy atom. The number of hydrogen-bond donors (Lipinski definition) is 1. The second kappa shape index (κ2) is 9.97.